The van der Waals surface area contributed by atoms with Gasteiger partial charge in [0.1, 0.15) is 0 Å². The normalized spacial score (nSPS) is 10.2. The van der Waals surface area contributed by atoms with Gasteiger partial charge in [0.2, 0.25) is 0 Å². The second kappa shape index (κ2) is 6.55. The first-order chi connectivity index (χ1) is 6.55. The maximum atomic E-state index is 11.2. The van der Waals surface area contributed by atoms with Gasteiger partial charge in [-0.15, -0.1) is 0 Å². The first kappa shape index (κ1) is 15.0. The molecule has 4 nitrogen and oxygen atoms in total. The van der Waals surface area contributed by atoms with Crippen molar-refractivity contribution in [2.45, 2.75) is 0 Å². The quantitative estimate of drug-likeness (QED) is 0.591. The van der Waals surface area contributed by atoms with Crippen molar-refractivity contribution in [1.29, 1.82) is 0 Å². The van der Waals surface area contributed by atoms with Crippen molar-refractivity contribution < 1.29 is 17.4 Å². The fourth-order valence-corrected chi connectivity index (χ4v) is 1.49. The Morgan fingerprint density at radius 1 is 1.27 bits per heavy atom. The van der Waals surface area contributed by atoms with Crippen LogP contribution in [-0.2, 0) is 13.3 Å². The third kappa shape index (κ3) is 5.03. The van der Waals surface area contributed by atoms with E-state index < -0.39 is 15.1 Å². The monoisotopic (exact) mass is 256 g/mol. The Balaban J connectivity index is 0.00000196. The molecule has 78 valence electrons. The molecule has 0 saturated carbocycles. The molecule has 0 N–H and O–H groups in total. The number of benzene rings is 1. The number of rotatable bonds is 3. The first-order valence-electron chi connectivity index (χ1n) is 3.64. The molecule has 1 rings (SSSR count). The van der Waals surface area contributed by atoms with Crippen molar-refractivity contribution in [1.82, 2.24) is 0 Å². The molecule has 7 heteroatoms. The molecule has 1 aromatic rings. The van der Waals surface area contributed by atoms with E-state index in [2.05, 4.69) is 4.18 Å². The summed E-state index contributed by atoms with van der Waals surface area (Å²) in [6, 6.07) is 7.95. The molecule has 0 atom stereocenters. The Bertz CT molecular complexity index is 416. The van der Waals surface area contributed by atoms with Crippen LogP contribution < -0.4 is 0 Å². The van der Waals surface area contributed by atoms with Crippen molar-refractivity contribution in [3.8, 4) is 0 Å². The van der Waals surface area contributed by atoms with Crippen LogP contribution >= 0.6 is 10.8 Å². The predicted octanol–water partition coefficient (Wildman–Crippen LogP) is 0.803. The van der Waals surface area contributed by atoms with Gasteiger partial charge in [0, 0.05) is 17.0 Å². The zero-order valence-corrected chi connectivity index (χ0v) is 8.97. The van der Waals surface area contributed by atoms with Crippen LogP contribution in [0.3, 0.4) is 0 Å². The summed E-state index contributed by atoms with van der Waals surface area (Å²) in [7, 11) is -3.32. The van der Waals surface area contributed by atoms with Gasteiger partial charge in [-0.05, 0) is 12.1 Å². The van der Waals surface area contributed by atoms with Gasteiger partial charge in [-0.3, -0.25) is 0 Å². The molecule has 0 unspecified atom stereocenters. The van der Waals surface area contributed by atoms with Crippen LogP contribution in [0.1, 0.15) is 10.4 Å². The van der Waals surface area contributed by atoms with E-state index in [1.54, 1.807) is 18.2 Å². The van der Waals surface area contributed by atoms with Crippen LogP contribution in [0.25, 0.3) is 0 Å². The first-order valence-corrected chi connectivity index (χ1v) is 6.79. The van der Waals surface area contributed by atoms with Gasteiger partial charge in [0.15, 0.2) is 0 Å². The van der Waals surface area contributed by atoms with Crippen molar-refractivity contribution >= 4 is 55.5 Å². The molecule has 0 saturated heterocycles. The molecule has 0 radical (unpaired) electrons. The van der Waals surface area contributed by atoms with Gasteiger partial charge in [-0.1, -0.05) is 18.2 Å². The Labute approximate surface area is 114 Å². The Hall–Kier alpha value is -0.0100. The molecule has 0 heterocycles. The fourth-order valence-electron chi connectivity index (χ4n) is 0.749. The van der Waals surface area contributed by atoms with Crippen LogP contribution in [0, 0.1) is 0 Å². The van der Waals surface area contributed by atoms with E-state index in [-0.39, 0.29) is 35.1 Å². The molecule has 0 bridgehead atoms. The molecular formula is C8H9NaO4S2. The average molecular weight is 256 g/mol. The van der Waals surface area contributed by atoms with E-state index in [4.69, 9.17) is 0 Å². The van der Waals surface area contributed by atoms with Crippen LogP contribution in [-0.4, -0.2) is 50.2 Å². The molecule has 0 spiro atoms. The summed E-state index contributed by atoms with van der Waals surface area (Å²) in [6.45, 7) is 0. The number of carbonyl (C=O) groups is 1. The van der Waals surface area contributed by atoms with Gasteiger partial charge in [0.05, 0.1) is 5.56 Å². The molecular weight excluding hydrogens is 247 g/mol. The molecule has 0 aliphatic rings. The topological polar surface area (TPSA) is 60.4 Å². The number of carbonyl (C=O) groups excluding carboxylic acids is 1. The zero-order valence-electron chi connectivity index (χ0n) is 7.34. The van der Waals surface area contributed by atoms with Crippen LogP contribution in [0.4, 0.5) is 0 Å². The summed E-state index contributed by atoms with van der Waals surface area (Å²) in [4.78, 5) is 11.2. The van der Waals surface area contributed by atoms with Crippen molar-refractivity contribution in [3.63, 3.8) is 0 Å². The minimum absolute atomic E-state index is 0. The van der Waals surface area contributed by atoms with Gasteiger partial charge in [-0.25, -0.2) is 4.79 Å². The summed E-state index contributed by atoms with van der Waals surface area (Å²) in [5, 5.41) is 0. The second-order valence-corrected chi connectivity index (χ2v) is 5.85. The van der Waals surface area contributed by atoms with Gasteiger partial charge < -0.3 is 4.18 Å². The number of hydrogen-bond acceptors (Lipinski definition) is 5. The Kier molecular flexibility index (Phi) is 6.54. The molecule has 15 heavy (non-hydrogen) atoms. The van der Waals surface area contributed by atoms with Crippen molar-refractivity contribution in [2.75, 3.05) is 6.26 Å². The van der Waals surface area contributed by atoms with Gasteiger partial charge in [-0.2, -0.15) is 8.42 Å². The second-order valence-electron chi connectivity index (χ2n) is 2.31. The third-order valence-corrected chi connectivity index (χ3v) is 3.58. The SMILES string of the molecule is CSS(=O)(=O)OC(=O)c1ccccc1.[NaH]. The predicted molar refractivity (Wildman–Crippen MR) is 61.4 cm³/mol. The van der Waals surface area contributed by atoms with Gasteiger partial charge in [0.25, 0.3) is 0 Å². The van der Waals surface area contributed by atoms with E-state index in [0.29, 0.717) is 10.8 Å². The molecule has 1 aromatic carbocycles. The van der Waals surface area contributed by atoms with E-state index in [1.165, 1.54) is 18.4 Å². The van der Waals surface area contributed by atoms with E-state index in [1.807, 2.05) is 0 Å². The molecule has 0 fully saturated rings. The summed E-state index contributed by atoms with van der Waals surface area (Å²) in [5.74, 6) is -0.861. The minimum atomic E-state index is -3.80. The van der Waals surface area contributed by atoms with E-state index >= 15 is 0 Å². The third-order valence-electron chi connectivity index (χ3n) is 1.39. The van der Waals surface area contributed by atoms with Crippen LogP contribution in [0.5, 0.6) is 0 Å². The van der Waals surface area contributed by atoms with Crippen LogP contribution in [0.15, 0.2) is 30.3 Å². The van der Waals surface area contributed by atoms with Crippen molar-refractivity contribution in [3.05, 3.63) is 35.9 Å². The summed E-state index contributed by atoms with van der Waals surface area (Å²) in [5.41, 5.74) is 0.213. The average Bonchev–Trinajstić information content (AvgIpc) is 2.19. The summed E-state index contributed by atoms with van der Waals surface area (Å²) < 4.78 is 26.1. The fraction of sp³-hybridized carbons (Fsp3) is 0.125. The maximum absolute atomic E-state index is 11.2. The summed E-state index contributed by atoms with van der Waals surface area (Å²) >= 11 is 0. The van der Waals surface area contributed by atoms with Crippen molar-refractivity contribution in [2.24, 2.45) is 0 Å². The number of hydrogen-bond donors (Lipinski definition) is 0. The van der Waals surface area contributed by atoms with E-state index in [9.17, 15) is 13.2 Å². The zero-order chi connectivity index (χ0) is 10.6. The molecule has 0 aliphatic heterocycles. The van der Waals surface area contributed by atoms with E-state index in [0.717, 1.165) is 0 Å². The van der Waals surface area contributed by atoms with Crippen LogP contribution in [0.2, 0.25) is 0 Å². The molecule has 0 aromatic heterocycles. The standard InChI is InChI=1S/C8H8O4S2.Na.H/c1-13-14(10,11)12-8(9)7-5-3-2-4-6-7;;/h2-6H,1H3;;. The Morgan fingerprint density at radius 3 is 2.27 bits per heavy atom. The Morgan fingerprint density at radius 2 is 1.80 bits per heavy atom. The molecule has 0 amide bonds. The van der Waals surface area contributed by atoms with Gasteiger partial charge >= 0.3 is 44.7 Å². The summed E-state index contributed by atoms with van der Waals surface area (Å²) in [6.07, 6.45) is 1.33. The molecule has 0 aliphatic carbocycles.